The minimum Gasteiger partial charge on any atom is -0.351 e. The normalized spacial score (nSPS) is 18.1. The van der Waals surface area contributed by atoms with Gasteiger partial charge in [-0.15, -0.1) is 0 Å². The summed E-state index contributed by atoms with van der Waals surface area (Å²) >= 11 is 0. The molecular weight excluding hydrogens is 340 g/mol. The Morgan fingerprint density at radius 3 is 2.48 bits per heavy atom. The Kier molecular flexibility index (Phi) is 4.26. The van der Waals surface area contributed by atoms with Crippen molar-refractivity contribution in [1.82, 2.24) is 10.2 Å². The maximum atomic E-state index is 12.6. The predicted molar refractivity (Wildman–Crippen MR) is 106 cm³/mol. The molecule has 1 spiro atoms. The molecule has 1 saturated heterocycles. The van der Waals surface area contributed by atoms with Crippen LogP contribution in [0, 0.1) is 6.92 Å². The van der Waals surface area contributed by atoms with Crippen molar-refractivity contribution in [2.24, 2.45) is 0 Å². The first-order valence-corrected chi connectivity index (χ1v) is 9.27. The second-order valence-corrected chi connectivity index (χ2v) is 7.29. The molecule has 140 valence electrons. The van der Waals surface area contributed by atoms with Crippen LogP contribution >= 0.6 is 0 Å². The highest BCUT2D eigenvalue weighted by molar-refractivity contribution is 6.02. The molecule has 2 N–H and O–H groups in total. The van der Waals surface area contributed by atoms with Crippen LogP contribution in [0.2, 0.25) is 0 Å². The first-order valence-electron chi connectivity index (χ1n) is 9.27. The van der Waals surface area contributed by atoms with Crippen molar-refractivity contribution in [2.75, 3.05) is 30.4 Å². The predicted octanol–water partition coefficient (Wildman–Crippen LogP) is 3.20. The fourth-order valence-electron chi connectivity index (χ4n) is 4.00. The van der Waals surface area contributed by atoms with Gasteiger partial charge in [0.2, 0.25) is 0 Å². The van der Waals surface area contributed by atoms with E-state index in [1.165, 1.54) is 0 Å². The zero-order valence-electron chi connectivity index (χ0n) is 15.7. The Balaban J connectivity index is 1.47. The first-order chi connectivity index (χ1) is 13.0. The van der Waals surface area contributed by atoms with E-state index >= 15 is 0 Å². The van der Waals surface area contributed by atoms with E-state index in [9.17, 15) is 9.59 Å². The molecular formula is C21H24N4O2. The van der Waals surface area contributed by atoms with Gasteiger partial charge in [0.1, 0.15) is 5.66 Å². The Hall–Kier alpha value is -3.02. The van der Waals surface area contributed by atoms with Crippen LogP contribution in [0.3, 0.4) is 0 Å². The minimum absolute atomic E-state index is 0.0403. The molecule has 4 rings (SSSR count). The van der Waals surface area contributed by atoms with Crippen LogP contribution in [0.15, 0.2) is 48.5 Å². The molecule has 2 aliphatic heterocycles. The topological polar surface area (TPSA) is 64.7 Å². The van der Waals surface area contributed by atoms with Crippen molar-refractivity contribution in [3.63, 3.8) is 0 Å². The van der Waals surface area contributed by atoms with E-state index in [1.54, 1.807) is 0 Å². The number of nitrogens with zero attached hydrogens (tertiary/aromatic N) is 2. The highest BCUT2D eigenvalue weighted by Gasteiger charge is 2.44. The summed E-state index contributed by atoms with van der Waals surface area (Å²) in [5.41, 5.74) is 3.07. The van der Waals surface area contributed by atoms with Gasteiger partial charge in [-0.05, 0) is 30.7 Å². The zero-order valence-corrected chi connectivity index (χ0v) is 15.7. The first kappa shape index (κ1) is 17.4. The summed E-state index contributed by atoms with van der Waals surface area (Å²) in [4.78, 5) is 29.2. The molecule has 0 bridgehead atoms. The highest BCUT2D eigenvalue weighted by atomic mass is 16.2. The van der Waals surface area contributed by atoms with Gasteiger partial charge in [-0.2, -0.15) is 0 Å². The Labute approximate surface area is 159 Å². The molecule has 0 saturated carbocycles. The maximum absolute atomic E-state index is 12.6. The van der Waals surface area contributed by atoms with E-state index in [2.05, 4.69) is 15.5 Å². The van der Waals surface area contributed by atoms with Crippen molar-refractivity contribution >= 4 is 23.3 Å². The van der Waals surface area contributed by atoms with E-state index in [4.69, 9.17) is 0 Å². The number of benzene rings is 2. The number of urea groups is 1. The minimum atomic E-state index is -0.440. The van der Waals surface area contributed by atoms with Crippen molar-refractivity contribution in [3.05, 3.63) is 59.7 Å². The molecule has 2 heterocycles. The third-order valence-electron chi connectivity index (χ3n) is 5.76. The lowest BCUT2D eigenvalue weighted by Crippen LogP contribution is -2.67. The van der Waals surface area contributed by atoms with Crippen molar-refractivity contribution in [1.29, 1.82) is 0 Å². The van der Waals surface area contributed by atoms with E-state index in [0.29, 0.717) is 31.5 Å². The number of piperidine rings is 1. The Morgan fingerprint density at radius 1 is 1.07 bits per heavy atom. The summed E-state index contributed by atoms with van der Waals surface area (Å²) in [5.74, 6) is -0.0403. The number of fused-ring (bicyclic) bond motifs is 1. The number of likely N-dealkylation sites (tertiary alicyclic amines) is 1. The average Bonchev–Trinajstić information content (AvgIpc) is 2.69. The SMILES string of the molecule is Cc1ccccc1NC(=O)N1CCC2(CC1)NC(=O)c1ccccc1N2C. The number of hydrogen-bond acceptors (Lipinski definition) is 3. The standard InChI is InChI=1S/C21H24N4O2/c1-15-7-3-5-9-17(15)22-20(27)25-13-11-21(12-14-25)23-19(26)16-8-4-6-10-18(16)24(21)2/h3-10H,11-14H2,1-2H3,(H,22,27)(H,23,26). The highest BCUT2D eigenvalue weighted by Crippen LogP contribution is 2.36. The molecule has 2 aliphatic rings. The maximum Gasteiger partial charge on any atom is 0.321 e. The second kappa shape index (κ2) is 6.61. The number of nitrogens with one attached hydrogen (secondary N) is 2. The van der Waals surface area contributed by atoms with E-state index in [1.807, 2.05) is 67.4 Å². The third kappa shape index (κ3) is 3.01. The van der Waals surface area contributed by atoms with E-state index in [-0.39, 0.29) is 11.9 Å². The summed E-state index contributed by atoms with van der Waals surface area (Å²) in [6.07, 6.45) is 1.37. The molecule has 2 aromatic carbocycles. The van der Waals surface area contributed by atoms with Crippen LogP contribution in [0.25, 0.3) is 0 Å². The largest absolute Gasteiger partial charge is 0.351 e. The molecule has 6 heteroatoms. The molecule has 0 aliphatic carbocycles. The van der Waals surface area contributed by atoms with Crippen molar-refractivity contribution < 1.29 is 9.59 Å². The summed E-state index contributed by atoms with van der Waals surface area (Å²) in [6, 6.07) is 15.3. The number of aryl methyl sites for hydroxylation is 1. The number of rotatable bonds is 1. The van der Waals surface area contributed by atoms with Crippen LogP contribution in [0.5, 0.6) is 0 Å². The van der Waals surface area contributed by atoms with Gasteiger partial charge < -0.3 is 20.4 Å². The summed E-state index contributed by atoms with van der Waals surface area (Å²) < 4.78 is 0. The molecule has 0 radical (unpaired) electrons. The lowest BCUT2D eigenvalue weighted by molar-refractivity contribution is 0.0815. The number of carbonyl (C=O) groups is 2. The van der Waals surface area contributed by atoms with Gasteiger partial charge in [0, 0.05) is 38.7 Å². The second-order valence-electron chi connectivity index (χ2n) is 7.29. The number of carbonyl (C=O) groups excluding carboxylic acids is 2. The number of anilines is 2. The third-order valence-corrected chi connectivity index (χ3v) is 5.76. The smallest absolute Gasteiger partial charge is 0.321 e. The van der Waals surface area contributed by atoms with Gasteiger partial charge in [-0.3, -0.25) is 4.79 Å². The molecule has 1 fully saturated rings. The molecule has 0 aromatic heterocycles. The van der Waals surface area contributed by atoms with Gasteiger partial charge in [0.25, 0.3) is 5.91 Å². The molecule has 6 nitrogen and oxygen atoms in total. The lowest BCUT2D eigenvalue weighted by atomic mass is 9.90. The number of para-hydroxylation sites is 2. The quantitative estimate of drug-likeness (QED) is 0.817. The lowest BCUT2D eigenvalue weighted by Gasteiger charge is -2.51. The van der Waals surface area contributed by atoms with Crippen molar-refractivity contribution in [3.8, 4) is 0 Å². The average molecular weight is 364 g/mol. The molecule has 2 aromatic rings. The van der Waals surface area contributed by atoms with Crippen LogP contribution in [-0.4, -0.2) is 42.6 Å². The van der Waals surface area contributed by atoms with Gasteiger partial charge in [-0.25, -0.2) is 4.79 Å². The number of amides is 3. The molecule has 3 amide bonds. The van der Waals surface area contributed by atoms with Crippen LogP contribution in [-0.2, 0) is 0 Å². The van der Waals surface area contributed by atoms with Gasteiger partial charge >= 0.3 is 6.03 Å². The van der Waals surface area contributed by atoms with Crippen LogP contribution < -0.4 is 15.5 Å². The van der Waals surface area contributed by atoms with Crippen molar-refractivity contribution in [2.45, 2.75) is 25.4 Å². The van der Waals surface area contributed by atoms with Gasteiger partial charge in [0.15, 0.2) is 0 Å². The van der Waals surface area contributed by atoms with Gasteiger partial charge in [-0.1, -0.05) is 30.3 Å². The van der Waals surface area contributed by atoms with Gasteiger partial charge in [0.05, 0.1) is 11.3 Å². The Morgan fingerprint density at radius 2 is 1.74 bits per heavy atom. The monoisotopic (exact) mass is 364 g/mol. The zero-order chi connectivity index (χ0) is 19.0. The van der Waals surface area contributed by atoms with Crippen LogP contribution in [0.4, 0.5) is 16.2 Å². The Bertz CT molecular complexity index is 887. The van der Waals surface area contributed by atoms with E-state index in [0.717, 1.165) is 16.9 Å². The van der Waals surface area contributed by atoms with E-state index < -0.39 is 5.66 Å². The van der Waals surface area contributed by atoms with Crippen LogP contribution in [0.1, 0.15) is 28.8 Å². The number of hydrogen-bond donors (Lipinski definition) is 2. The summed E-state index contributed by atoms with van der Waals surface area (Å²) in [7, 11) is 2.02. The fourth-order valence-corrected chi connectivity index (χ4v) is 4.00. The summed E-state index contributed by atoms with van der Waals surface area (Å²) in [6.45, 7) is 3.15. The molecule has 27 heavy (non-hydrogen) atoms. The molecule has 0 unspecified atom stereocenters. The molecule has 0 atom stereocenters. The summed E-state index contributed by atoms with van der Waals surface area (Å²) in [5, 5.41) is 6.18. The fraction of sp³-hybridized carbons (Fsp3) is 0.333.